The molecule has 7 nitrogen and oxygen atoms in total. The highest BCUT2D eigenvalue weighted by atomic mass is 32.2. The number of fused-ring (bicyclic) bond motifs is 1. The van der Waals surface area contributed by atoms with E-state index >= 15 is 0 Å². The Balaban J connectivity index is 3.19. The van der Waals surface area contributed by atoms with Crippen molar-refractivity contribution in [3.05, 3.63) is 28.7 Å². The molecule has 0 atom stereocenters. The van der Waals surface area contributed by atoms with Crippen molar-refractivity contribution in [1.29, 1.82) is 0 Å². The molecule has 100 valence electrons. The summed E-state index contributed by atoms with van der Waals surface area (Å²) in [6.07, 6.45) is 2.12. The standard InChI is InChI=1S/C11H10N2O5S/c1-6(14)13-10-7(4-3-5-12-10)8(15)9(11(13)16)19(2,17)18/h3-5,15H,1-2H3. The SMILES string of the molecule is CC(=O)n1c(=O)c(S(C)(=O)=O)c(O)c2cccnc21. The lowest BCUT2D eigenvalue weighted by molar-refractivity contribution is 0.0936. The second-order valence-electron chi connectivity index (χ2n) is 3.98. The normalized spacial score (nSPS) is 11.7. The number of nitrogens with zero attached hydrogens (tertiary/aromatic N) is 2. The van der Waals surface area contributed by atoms with Gasteiger partial charge in [0.2, 0.25) is 5.91 Å². The second kappa shape index (κ2) is 4.16. The van der Waals surface area contributed by atoms with Crippen LogP contribution in [0.3, 0.4) is 0 Å². The van der Waals surface area contributed by atoms with Gasteiger partial charge >= 0.3 is 0 Å². The van der Waals surface area contributed by atoms with E-state index in [0.717, 1.165) is 13.2 Å². The Kier molecular flexibility index (Phi) is 2.90. The molecule has 8 heteroatoms. The van der Waals surface area contributed by atoms with E-state index in [2.05, 4.69) is 4.98 Å². The molecule has 2 aromatic heterocycles. The number of carbonyl (C=O) groups is 1. The summed E-state index contributed by atoms with van der Waals surface area (Å²) in [5.41, 5.74) is -1.18. The van der Waals surface area contributed by atoms with Gasteiger partial charge in [-0.1, -0.05) is 0 Å². The summed E-state index contributed by atoms with van der Waals surface area (Å²) < 4.78 is 23.8. The summed E-state index contributed by atoms with van der Waals surface area (Å²) in [4.78, 5) is 26.6. The Morgan fingerprint density at radius 2 is 2.05 bits per heavy atom. The fourth-order valence-corrected chi connectivity index (χ4v) is 2.68. The Hall–Kier alpha value is -2.22. The van der Waals surface area contributed by atoms with Gasteiger partial charge < -0.3 is 5.11 Å². The van der Waals surface area contributed by atoms with E-state index in [9.17, 15) is 23.1 Å². The van der Waals surface area contributed by atoms with Crippen LogP contribution in [0.1, 0.15) is 11.7 Å². The monoisotopic (exact) mass is 282 g/mol. The van der Waals surface area contributed by atoms with Crippen molar-refractivity contribution >= 4 is 26.8 Å². The first-order valence-corrected chi connectivity index (χ1v) is 7.08. The molecular weight excluding hydrogens is 272 g/mol. The van der Waals surface area contributed by atoms with Crippen LogP contribution < -0.4 is 5.56 Å². The van der Waals surface area contributed by atoms with Gasteiger partial charge in [0.15, 0.2) is 26.1 Å². The van der Waals surface area contributed by atoms with Crippen molar-refractivity contribution in [3.8, 4) is 5.75 Å². The van der Waals surface area contributed by atoms with Gasteiger partial charge in [-0.2, -0.15) is 0 Å². The molecule has 0 unspecified atom stereocenters. The molecule has 1 N–H and O–H groups in total. The van der Waals surface area contributed by atoms with Crippen molar-refractivity contribution in [2.24, 2.45) is 0 Å². The number of sulfone groups is 1. The van der Waals surface area contributed by atoms with Gasteiger partial charge in [0.25, 0.3) is 5.56 Å². The molecular formula is C11H10N2O5S. The van der Waals surface area contributed by atoms with Gasteiger partial charge in [-0.3, -0.25) is 9.59 Å². The van der Waals surface area contributed by atoms with Crippen LogP contribution >= 0.6 is 0 Å². The van der Waals surface area contributed by atoms with E-state index in [0.29, 0.717) is 4.57 Å². The number of pyridine rings is 2. The van der Waals surface area contributed by atoms with E-state index < -0.39 is 31.9 Å². The molecule has 2 aromatic rings. The van der Waals surface area contributed by atoms with Crippen LogP contribution in [0.2, 0.25) is 0 Å². The third kappa shape index (κ3) is 1.99. The maximum Gasteiger partial charge on any atom is 0.281 e. The zero-order valence-corrected chi connectivity index (χ0v) is 10.9. The molecule has 19 heavy (non-hydrogen) atoms. The average Bonchev–Trinajstić information content (AvgIpc) is 2.26. The molecule has 2 rings (SSSR count). The third-order valence-corrected chi connectivity index (χ3v) is 3.66. The van der Waals surface area contributed by atoms with Crippen LogP contribution in [-0.2, 0) is 9.84 Å². The lowest BCUT2D eigenvalue weighted by Crippen LogP contribution is -2.30. The molecule has 0 bridgehead atoms. The van der Waals surface area contributed by atoms with E-state index in [1.807, 2.05) is 0 Å². The van der Waals surface area contributed by atoms with Crippen LogP contribution in [0.4, 0.5) is 0 Å². The van der Waals surface area contributed by atoms with Crippen molar-refractivity contribution in [2.75, 3.05) is 6.26 Å². The summed E-state index contributed by atoms with van der Waals surface area (Å²) in [6.45, 7) is 1.11. The topological polar surface area (TPSA) is 106 Å². The van der Waals surface area contributed by atoms with Gasteiger partial charge in [0, 0.05) is 19.4 Å². The quantitative estimate of drug-likeness (QED) is 0.798. The fraction of sp³-hybridized carbons (Fsp3) is 0.182. The first-order valence-electron chi connectivity index (χ1n) is 5.19. The fourth-order valence-electron chi connectivity index (χ4n) is 1.81. The molecule has 0 fully saturated rings. The third-order valence-electron chi connectivity index (χ3n) is 2.55. The Morgan fingerprint density at radius 3 is 2.58 bits per heavy atom. The molecule has 0 aliphatic rings. The summed E-state index contributed by atoms with van der Waals surface area (Å²) in [5, 5.41) is 9.95. The molecule has 0 saturated heterocycles. The number of aromatic hydroxyl groups is 1. The minimum Gasteiger partial charge on any atom is -0.506 e. The number of hydrogen-bond donors (Lipinski definition) is 1. The van der Waals surface area contributed by atoms with Crippen molar-refractivity contribution in [3.63, 3.8) is 0 Å². The van der Waals surface area contributed by atoms with Gasteiger partial charge in [-0.15, -0.1) is 0 Å². The highest BCUT2D eigenvalue weighted by Crippen LogP contribution is 2.27. The molecule has 0 aromatic carbocycles. The molecule has 0 aliphatic carbocycles. The summed E-state index contributed by atoms with van der Waals surface area (Å²) in [6, 6.07) is 2.84. The van der Waals surface area contributed by atoms with Crippen LogP contribution in [0.5, 0.6) is 5.75 Å². The maximum absolute atomic E-state index is 12.1. The first kappa shape index (κ1) is 13.2. The van der Waals surface area contributed by atoms with Gasteiger partial charge in [0.1, 0.15) is 0 Å². The van der Waals surface area contributed by atoms with E-state index in [1.54, 1.807) is 0 Å². The Morgan fingerprint density at radius 1 is 1.42 bits per heavy atom. The van der Waals surface area contributed by atoms with Crippen molar-refractivity contribution < 1.29 is 18.3 Å². The summed E-state index contributed by atoms with van der Waals surface area (Å²) in [5.74, 6) is -1.37. The number of carbonyl (C=O) groups excluding carboxylic acids is 1. The zero-order chi connectivity index (χ0) is 14.4. The van der Waals surface area contributed by atoms with Crippen molar-refractivity contribution in [2.45, 2.75) is 11.8 Å². The zero-order valence-electron chi connectivity index (χ0n) is 10.1. The van der Waals surface area contributed by atoms with Gasteiger partial charge in [0.05, 0.1) is 5.39 Å². The molecule has 0 saturated carbocycles. The van der Waals surface area contributed by atoms with Crippen LogP contribution in [-0.4, -0.2) is 35.2 Å². The minimum absolute atomic E-state index is 0.0257. The molecule has 0 radical (unpaired) electrons. The van der Waals surface area contributed by atoms with Crippen LogP contribution in [0.15, 0.2) is 28.0 Å². The highest BCUT2D eigenvalue weighted by Gasteiger charge is 2.25. The van der Waals surface area contributed by atoms with E-state index in [4.69, 9.17) is 0 Å². The average molecular weight is 282 g/mol. The van der Waals surface area contributed by atoms with Crippen LogP contribution in [0.25, 0.3) is 11.0 Å². The van der Waals surface area contributed by atoms with Gasteiger partial charge in [-0.05, 0) is 12.1 Å². The predicted molar refractivity (Wildman–Crippen MR) is 67.1 cm³/mol. The largest absolute Gasteiger partial charge is 0.506 e. The highest BCUT2D eigenvalue weighted by molar-refractivity contribution is 7.90. The number of aromatic nitrogens is 2. The first-order chi connectivity index (χ1) is 8.75. The van der Waals surface area contributed by atoms with Crippen LogP contribution in [0, 0.1) is 0 Å². The Bertz CT molecular complexity index is 851. The molecule has 2 heterocycles. The smallest absolute Gasteiger partial charge is 0.281 e. The lowest BCUT2D eigenvalue weighted by Gasteiger charge is -2.10. The van der Waals surface area contributed by atoms with E-state index in [-0.39, 0.29) is 11.0 Å². The second-order valence-corrected chi connectivity index (χ2v) is 5.94. The number of hydrogen-bond acceptors (Lipinski definition) is 6. The predicted octanol–water partition coefficient (Wildman–Crippen LogP) is 0.166. The van der Waals surface area contributed by atoms with Gasteiger partial charge in [-0.25, -0.2) is 18.0 Å². The van der Waals surface area contributed by atoms with E-state index in [1.165, 1.54) is 18.3 Å². The molecule has 0 spiro atoms. The summed E-state index contributed by atoms with van der Waals surface area (Å²) >= 11 is 0. The van der Waals surface area contributed by atoms with Crippen molar-refractivity contribution in [1.82, 2.24) is 9.55 Å². The molecule has 0 amide bonds. The Labute approximate surface area is 108 Å². The lowest BCUT2D eigenvalue weighted by atomic mass is 10.2. The summed E-state index contributed by atoms with van der Waals surface area (Å²) in [7, 11) is -3.97. The minimum atomic E-state index is -3.97. The number of rotatable bonds is 1. The molecule has 0 aliphatic heterocycles. The maximum atomic E-state index is 12.1.